The van der Waals surface area contributed by atoms with Gasteiger partial charge in [0.05, 0.1) is 0 Å². The van der Waals surface area contributed by atoms with Gasteiger partial charge in [-0.3, -0.25) is 4.79 Å². The third kappa shape index (κ3) is 3.19. The van der Waals surface area contributed by atoms with E-state index in [9.17, 15) is 22.8 Å². The minimum atomic E-state index is -4.71. The molecule has 1 aromatic heterocycles. The molecule has 0 spiro atoms. The molecule has 0 saturated heterocycles. The Hall–Kier alpha value is -2.12. The van der Waals surface area contributed by atoms with Crippen molar-refractivity contribution in [1.29, 1.82) is 0 Å². The first kappa shape index (κ1) is 13.9. The fraction of sp³-hybridized carbons (Fsp3) is 0.300. The number of carbonyl (C=O) groups is 2. The summed E-state index contributed by atoms with van der Waals surface area (Å²) in [6.07, 6.45) is -4.71. The second-order valence-corrected chi connectivity index (χ2v) is 3.30. The van der Waals surface area contributed by atoms with E-state index in [-0.39, 0.29) is 6.42 Å². The van der Waals surface area contributed by atoms with Crippen molar-refractivity contribution >= 4 is 17.7 Å². The quantitative estimate of drug-likeness (QED) is 0.874. The van der Waals surface area contributed by atoms with Gasteiger partial charge in [-0.1, -0.05) is 6.92 Å². The molecule has 8 heteroatoms. The van der Waals surface area contributed by atoms with Crippen molar-refractivity contribution in [1.82, 2.24) is 4.98 Å². The van der Waals surface area contributed by atoms with E-state index in [1.165, 1.54) is 6.92 Å². The second-order valence-electron chi connectivity index (χ2n) is 3.30. The van der Waals surface area contributed by atoms with E-state index in [4.69, 9.17) is 5.11 Å². The number of halogens is 3. The van der Waals surface area contributed by atoms with E-state index in [1.54, 1.807) is 0 Å². The first-order valence-corrected chi connectivity index (χ1v) is 4.87. The van der Waals surface area contributed by atoms with Crippen molar-refractivity contribution in [2.45, 2.75) is 19.5 Å². The van der Waals surface area contributed by atoms with Gasteiger partial charge in [0.15, 0.2) is 0 Å². The van der Waals surface area contributed by atoms with Crippen LogP contribution in [0.5, 0.6) is 0 Å². The zero-order chi connectivity index (χ0) is 13.9. The van der Waals surface area contributed by atoms with Gasteiger partial charge in [0.2, 0.25) is 5.91 Å². The standard InChI is InChI=1S/C10H9F3N2O3/c1-2-7(16)15-8-5(9(17)18)3-4-6(14-8)10(11,12)13/h3-4H,2H2,1H3,(H,17,18)(H,14,15,16). The van der Waals surface area contributed by atoms with Crippen molar-refractivity contribution in [3.63, 3.8) is 0 Å². The first-order valence-electron chi connectivity index (χ1n) is 4.87. The molecule has 1 amide bonds. The number of anilines is 1. The number of amides is 1. The average Bonchev–Trinajstić information content (AvgIpc) is 2.27. The number of aromatic nitrogens is 1. The highest BCUT2D eigenvalue weighted by atomic mass is 19.4. The molecule has 0 saturated carbocycles. The largest absolute Gasteiger partial charge is 0.478 e. The summed E-state index contributed by atoms with van der Waals surface area (Å²) < 4.78 is 37.2. The van der Waals surface area contributed by atoms with E-state index in [1.807, 2.05) is 5.32 Å². The molecule has 0 unspecified atom stereocenters. The van der Waals surface area contributed by atoms with E-state index >= 15 is 0 Å². The highest BCUT2D eigenvalue weighted by Crippen LogP contribution is 2.29. The number of nitrogens with zero attached hydrogens (tertiary/aromatic N) is 1. The summed E-state index contributed by atoms with van der Waals surface area (Å²) in [6, 6.07) is 1.30. The molecule has 1 aromatic rings. The molecule has 98 valence electrons. The lowest BCUT2D eigenvalue weighted by Gasteiger charge is -2.10. The fourth-order valence-electron chi connectivity index (χ4n) is 1.11. The van der Waals surface area contributed by atoms with Gasteiger partial charge in [-0.2, -0.15) is 13.2 Å². The van der Waals surface area contributed by atoms with Crippen LogP contribution in [0.2, 0.25) is 0 Å². The Morgan fingerprint density at radius 1 is 1.39 bits per heavy atom. The SMILES string of the molecule is CCC(=O)Nc1nc(C(F)(F)F)ccc1C(=O)O. The molecule has 0 radical (unpaired) electrons. The van der Waals surface area contributed by atoms with Gasteiger partial charge in [0, 0.05) is 6.42 Å². The van der Waals surface area contributed by atoms with E-state index in [2.05, 4.69) is 4.98 Å². The van der Waals surface area contributed by atoms with Gasteiger partial charge in [-0.15, -0.1) is 0 Å². The molecule has 18 heavy (non-hydrogen) atoms. The van der Waals surface area contributed by atoms with E-state index in [0.717, 1.165) is 6.07 Å². The minimum Gasteiger partial charge on any atom is -0.478 e. The molecule has 0 aliphatic rings. The number of pyridine rings is 1. The molecule has 0 aliphatic carbocycles. The molecular formula is C10H9F3N2O3. The maximum atomic E-state index is 12.4. The Morgan fingerprint density at radius 3 is 2.44 bits per heavy atom. The van der Waals surface area contributed by atoms with Crippen molar-refractivity contribution in [3.8, 4) is 0 Å². The summed E-state index contributed by atoms with van der Waals surface area (Å²) in [5.74, 6) is -2.70. The maximum absolute atomic E-state index is 12.4. The highest BCUT2D eigenvalue weighted by molar-refractivity contribution is 5.99. The Bertz CT molecular complexity index is 486. The average molecular weight is 262 g/mol. The van der Waals surface area contributed by atoms with Gasteiger partial charge in [-0.25, -0.2) is 9.78 Å². The smallest absolute Gasteiger partial charge is 0.433 e. The Balaban J connectivity index is 3.24. The topological polar surface area (TPSA) is 79.3 Å². The number of aromatic carboxylic acids is 1. The van der Waals surface area contributed by atoms with Gasteiger partial charge >= 0.3 is 12.1 Å². The number of nitrogens with one attached hydrogen (secondary N) is 1. The second kappa shape index (κ2) is 5.03. The molecule has 1 rings (SSSR count). The van der Waals surface area contributed by atoms with Crippen LogP contribution >= 0.6 is 0 Å². The highest BCUT2D eigenvalue weighted by Gasteiger charge is 2.33. The Kier molecular flexibility index (Phi) is 3.89. The predicted molar refractivity (Wildman–Crippen MR) is 55.1 cm³/mol. The lowest BCUT2D eigenvalue weighted by Crippen LogP contribution is -2.17. The molecule has 0 aromatic carbocycles. The van der Waals surface area contributed by atoms with Gasteiger partial charge in [0.1, 0.15) is 17.1 Å². The van der Waals surface area contributed by atoms with Crippen LogP contribution in [0.4, 0.5) is 19.0 Å². The third-order valence-electron chi connectivity index (χ3n) is 2.00. The van der Waals surface area contributed by atoms with Crippen LogP contribution in [-0.4, -0.2) is 22.0 Å². The molecule has 2 N–H and O–H groups in total. The first-order chi connectivity index (χ1) is 8.25. The van der Waals surface area contributed by atoms with E-state index in [0.29, 0.717) is 6.07 Å². The number of carboxylic acids is 1. The predicted octanol–water partition coefficient (Wildman–Crippen LogP) is 2.15. The van der Waals surface area contributed by atoms with Crippen LogP contribution in [0, 0.1) is 0 Å². The fourth-order valence-corrected chi connectivity index (χ4v) is 1.11. The molecule has 0 bridgehead atoms. The molecule has 0 atom stereocenters. The van der Waals surface area contributed by atoms with Crippen molar-refractivity contribution in [2.75, 3.05) is 5.32 Å². The van der Waals surface area contributed by atoms with Crippen LogP contribution in [0.15, 0.2) is 12.1 Å². The Morgan fingerprint density at radius 2 is 2.00 bits per heavy atom. The van der Waals surface area contributed by atoms with Gasteiger partial charge in [-0.05, 0) is 12.1 Å². The third-order valence-corrected chi connectivity index (χ3v) is 2.00. The van der Waals surface area contributed by atoms with E-state index < -0.39 is 35.1 Å². The number of carboxylic acid groups (broad SMARTS) is 1. The Labute approximate surface area is 99.6 Å². The number of hydrogen-bond acceptors (Lipinski definition) is 3. The van der Waals surface area contributed by atoms with Crippen LogP contribution in [0.1, 0.15) is 29.4 Å². The monoisotopic (exact) mass is 262 g/mol. The van der Waals surface area contributed by atoms with Crippen molar-refractivity contribution in [2.24, 2.45) is 0 Å². The summed E-state index contributed by atoms with van der Waals surface area (Å²) in [5.41, 5.74) is -1.76. The summed E-state index contributed by atoms with van der Waals surface area (Å²) in [5, 5.41) is 10.8. The van der Waals surface area contributed by atoms with Crippen molar-refractivity contribution < 1.29 is 27.9 Å². The zero-order valence-electron chi connectivity index (χ0n) is 9.21. The molecule has 5 nitrogen and oxygen atoms in total. The number of rotatable bonds is 3. The van der Waals surface area contributed by atoms with Gasteiger partial charge < -0.3 is 10.4 Å². The lowest BCUT2D eigenvalue weighted by atomic mass is 10.2. The maximum Gasteiger partial charge on any atom is 0.433 e. The van der Waals surface area contributed by atoms with Gasteiger partial charge in [0.25, 0.3) is 0 Å². The number of carbonyl (C=O) groups excluding carboxylic acids is 1. The summed E-state index contributed by atoms with van der Waals surface area (Å²) >= 11 is 0. The number of hydrogen-bond donors (Lipinski definition) is 2. The summed E-state index contributed by atoms with van der Waals surface area (Å²) in [6.45, 7) is 1.48. The zero-order valence-corrected chi connectivity index (χ0v) is 9.21. The van der Waals surface area contributed by atoms with Crippen LogP contribution in [0.3, 0.4) is 0 Å². The molecular weight excluding hydrogens is 253 g/mol. The molecule has 1 heterocycles. The number of alkyl halides is 3. The summed E-state index contributed by atoms with van der Waals surface area (Å²) in [4.78, 5) is 25.0. The van der Waals surface area contributed by atoms with Crippen LogP contribution in [-0.2, 0) is 11.0 Å². The van der Waals surface area contributed by atoms with Crippen LogP contribution in [0.25, 0.3) is 0 Å². The minimum absolute atomic E-state index is 0.00299. The molecule has 0 fully saturated rings. The lowest BCUT2D eigenvalue weighted by molar-refractivity contribution is -0.141. The molecule has 0 aliphatic heterocycles. The van der Waals surface area contributed by atoms with Crippen molar-refractivity contribution in [3.05, 3.63) is 23.4 Å². The van der Waals surface area contributed by atoms with Crippen LogP contribution < -0.4 is 5.32 Å². The normalized spacial score (nSPS) is 11.1. The summed E-state index contributed by atoms with van der Waals surface area (Å²) in [7, 11) is 0.